The Morgan fingerprint density at radius 3 is 1.17 bits per heavy atom. The van der Waals surface area contributed by atoms with Crippen LogP contribution in [0, 0.1) is 0 Å². The number of rotatable bonds is 2. The molecule has 0 fully saturated rings. The molecule has 0 bridgehead atoms. The third-order valence-electron chi connectivity index (χ3n) is 6.82. The Hall–Kier alpha value is -1.47. The lowest BCUT2D eigenvalue weighted by Crippen LogP contribution is -2.41. The number of hydrogen-bond donors (Lipinski definition) is 0. The van der Waals surface area contributed by atoms with Gasteiger partial charge in [-0.25, -0.2) is 0 Å². The van der Waals surface area contributed by atoms with E-state index in [0.717, 1.165) is 0 Å². The highest BCUT2D eigenvalue weighted by Crippen LogP contribution is 2.45. The molecular formula is C26H24Br2Si2. The summed E-state index contributed by atoms with van der Waals surface area (Å²) < 4.78 is 2.57. The maximum atomic E-state index is 3.95. The second-order valence-corrected chi connectivity index (χ2v) is 19.5. The van der Waals surface area contributed by atoms with E-state index < -0.39 is 16.1 Å². The molecule has 0 aliphatic carbocycles. The minimum Gasteiger partial charge on any atom is -0.0623 e. The van der Waals surface area contributed by atoms with Gasteiger partial charge in [0.2, 0.25) is 0 Å². The van der Waals surface area contributed by atoms with Gasteiger partial charge in [0, 0.05) is 8.96 Å². The number of halogens is 2. The van der Waals surface area contributed by atoms with E-state index in [1.54, 1.807) is 0 Å². The molecule has 0 saturated carbocycles. The van der Waals surface area contributed by atoms with Crippen molar-refractivity contribution in [3.05, 3.63) is 95.1 Å². The van der Waals surface area contributed by atoms with E-state index in [9.17, 15) is 0 Å². The van der Waals surface area contributed by atoms with Crippen molar-refractivity contribution in [2.45, 2.75) is 26.2 Å². The van der Waals surface area contributed by atoms with Crippen LogP contribution in [0.2, 0.25) is 26.2 Å². The molecule has 4 heteroatoms. The predicted molar refractivity (Wildman–Crippen MR) is 145 cm³/mol. The van der Waals surface area contributed by atoms with Gasteiger partial charge >= 0.3 is 0 Å². The molecule has 0 aromatic heterocycles. The van der Waals surface area contributed by atoms with E-state index in [4.69, 9.17) is 0 Å². The number of fused-ring (bicyclic) bond motifs is 2. The van der Waals surface area contributed by atoms with Gasteiger partial charge in [-0.2, -0.15) is 0 Å². The molecule has 0 radical (unpaired) electrons. The lowest BCUT2D eigenvalue weighted by Gasteiger charge is -2.24. The molecule has 0 saturated heterocycles. The van der Waals surface area contributed by atoms with Crippen molar-refractivity contribution in [3.8, 4) is 0 Å². The van der Waals surface area contributed by atoms with Crippen LogP contribution in [0.3, 0.4) is 0 Å². The Labute approximate surface area is 198 Å². The average Bonchev–Trinajstić information content (AvgIpc) is 3.07. The van der Waals surface area contributed by atoms with Crippen molar-refractivity contribution in [1.29, 1.82) is 0 Å². The zero-order chi connectivity index (χ0) is 21.3. The van der Waals surface area contributed by atoms with Gasteiger partial charge in [-0.3, -0.25) is 0 Å². The molecule has 150 valence electrons. The summed E-state index contributed by atoms with van der Waals surface area (Å²) in [5.41, 5.74) is 5.45. The maximum Gasteiger partial charge on any atom is 0.115 e. The fourth-order valence-corrected chi connectivity index (χ4v) is 16.3. The SMILES string of the molecule is C[Si]1(C)C(c2ccc(C3=C(Br)c4ccccc4[Si]3(C)C)cc2)=C(Br)c2ccccc21. The summed E-state index contributed by atoms with van der Waals surface area (Å²) in [6, 6.07) is 27.1. The van der Waals surface area contributed by atoms with Crippen LogP contribution in [-0.2, 0) is 0 Å². The molecule has 0 atom stereocenters. The Morgan fingerprint density at radius 1 is 0.500 bits per heavy atom. The van der Waals surface area contributed by atoms with Gasteiger partial charge in [0.1, 0.15) is 16.1 Å². The van der Waals surface area contributed by atoms with Gasteiger partial charge in [0.05, 0.1) is 0 Å². The number of hydrogen-bond acceptors (Lipinski definition) is 0. The molecule has 30 heavy (non-hydrogen) atoms. The van der Waals surface area contributed by atoms with Crippen molar-refractivity contribution in [2.24, 2.45) is 0 Å². The molecule has 0 spiro atoms. The monoisotopic (exact) mass is 550 g/mol. The molecule has 5 rings (SSSR count). The summed E-state index contributed by atoms with van der Waals surface area (Å²) in [5, 5.41) is 6.08. The normalized spacial score (nSPS) is 18.6. The van der Waals surface area contributed by atoms with Gasteiger partial charge in [-0.05, 0) is 43.0 Å². The van der Waals surface area contributed by atoms with E-state index in [0.29, 0.717) is 0 Å². The molecule has 2 aliphatic rings. The fraction of sp³-hybridized carbons (Fsp3) is 0.154. The van der Waals surface area contributed by atoms with Crippen molar-refractivity contribution >= 4 is 77.7 Å². The summed E-state index contributed by atoms with van der Waals surface area (Å²) in [7, 11) is -3.43. The van der Waals surface area contributed by atoms with Gasteiger partial charge in [0.25, 0.3) is 0 Å². The molecule has 0 amide bonds. The average molecular weight is 552 g/mol. The van der Waals surface area contributed by atoms with Crippen LogP contribution in [-0.4, -0.2) is 16.1 Å². The van der Waals surface area contributed by atoms with Crippen LogP contribution in [0.5, 0.6) is 0 Å². The fourth-order valence-electron chi connectivity index (χ4n) is 5.31. The number of benzene rings is 3. The molecule has 3 aromatic rings. The molecular weight excluding hydrogens is 528 g/mol. The third kappa shape index (κ3) is 2.80. The van der Waals surface area contributed by atoms with Gasteiger partial charge < -0.3 is 0 Å². The highest BCUT2D eigenvalue weighted by atomic mass is 79.9. The van der Waals surface area contributed by atoms with Crippen LogP contribution in [0.25, 0.3) is 19.4 Å². The molecule has 0 unspecified atom stereocenters. The minimum absolute atomic E-state index is 1.28. The van der Waals surface area contributed by atoms with Crippen molar-refractivity contribution in [3.63, 3.8) is 0 Å². The summed E-state index contributed by atoms with van der Waals surface area (Å²) in [5.74, 6) is 0. The van der Waals surface area contributed by atoms with Crippen LogP contribution >= 0.6 is 31.9 Å². The lowest BCUT2D eigenvalue weighted by molar-refractivity contribution is 1.59. The first-order valence-corrected chi connectivity index (χ1v) is 17.9. The first kappa shape index (κ1) is 20.4. The van der Waals surface area contributed by atoms with E-state index in [1.807, 2.05) is 0 Å². The molecule has 0 nitrogen and oxygen atoms in total. The Kier molecular flexibility index (Phi) is 4.79. The highest BCUT2D eigenvalue weighted by Gasteiger charge is 2.41. The summed E-state index contributed by atoms with van der Waals surface area (Å²) in [4.78, 5) is 0. The Balaban J connectivity index is 1.59. The first-order valence-electron chi connectivity index (χ1n) is 10.4. The summed E-state index contributed by atoms with van der Waals surface area (Å²) in [6.45, 7) is 9.86. The van der Waals surface area contributed by atoms with E-state index in [2.05, 4.69) is 131 Å². The van der Waals surface area contributed by atoms with E-state index in [1.165, 1.54) is 52.0 Å². The second-order valence-electron chi connectivity index (χ2n) is 9.30. The van der Waals surface area contributed by atoms with Gasteiger partial charge in [0.15, 0.2) is 0 Å². The van der Waals surface area contributed by atoms with Crippen LogP contribution < -0.4 is 10.4 Å². The zero-order valence-corrected chi connectivity index (χ0v) is 22.9. The van der Waals surface area contributed by atoms with E-state index in [-0.39, 0.29) is 0 Å². The standard InChI is InChI=1S/C26H24Br2Si2/c1-29(2)21-11-7-5-9-19(21)23(27)25(29)17-13-15-18(16-14-17)26-24(28)20-10-6-8-12-22(20)30(26,3)4/h5-16H,1-4H3. The Bertz CT molecular complexity index is 1150. The van der Waals surface area contributed by atoms with Crippen LogP contribution in [0.4, 0.5) is 0 Å². The topological polar surface area (TPSA) is 0 Å². The van der Waals surface area contributed by atoms with Crippen LogP contribution in [0.1, 0.15) is 22.3 Å². The smallest absolute Gasteiger partial charge is 0.0623 e. The highest BCUT2D eigenvalue weighted by molar-refractivity contribution is 9.15. The van der Waals surface area contributed by atoms with Crippen LogP contribution in [0.15, 0.2) is 72.8 Å². The molecule has 3 aromatic carbocycles. The predicted octanol–water partition coefficient (Wildman–Crippen LogP) is 7.15. The summed E-state index contributed by atoms with van der Waals surface area (Å²) >= 11 is 7.90. The molecule has 2 heterocycles. The largest absolute Gasteiger partial charge is 0.115 e. The van der Waals surface area contributed by atoms with Crippen molar-refractivity contribution in [2.75, 3.05) is 0 Å². The first-order chi connectivity index (χ1) is 14.2. The molecule has 2 aliphatic heterocycles. The third-order valence-corrected chi connectivity index (χ3v) is 16.3. The lowest BCUT2D eigenvalue weighted by atomic mass is 10.1. The van der Waals surface area contributed by atoms with Gasteiger partial charge in [-0.1, -0.05) is 131 Å². The zero-order valence-electron chi connectivity index (χ0n) is 17.7. The van der Waals surface area contributed by atoms with E-state index >= 15 is 0 Å². The summed E-state index contributed by atoms with van der Waals surface area (Å²) in [6.07, 6.45) is 0. The van der Waals surface area contributed by atoms with Crippen molar-refractivity contribution < 1.29 is 0 Å². The molecule has 0 N–H and O–H groups in total. The Morgan fingerprint density at radius 2 is 0.833 bits per heavy atom. The maximum absolute atomic E-state index is 3.95. The quantitative estimate of drug-likeness (QED) is 0.297. The minimum atomic E-state index is -1.72. The second kappa shape index (κ2) is 7.02. The van der Waals surface area contributed by atoms with Crippen molar-refractivity contribution in [1.82, 2.24) is 0 Å². The van der Waals surface area contributed by atoms with Gasteiger partial charge in [-0.15, -0.1) is 0 Å².